The normalized spacial score (nSPS) is 10.7. The Hall–Kier alpha value is -0.350. The van der Waals surface area contributed by atoms with Crippen molar-refractivity contribution in [3.8, 4) is 0 Å². The van der Waals surface area contributed by atoms with Gasteiger partial charge < -0.3 is 4.90 Å². The number of hydrogen-bond acceptors (Lipinski definition) is 2. The second-order valence-corrected chi connectivity index (χ2v) is 6.02. The molecule has 1 amide bonds. The van der Waals surface area contributed by atoms with Crippen LogP contribution in [0, 0.1) is 0 Å². The second kappa shape index (κ2) is 5.66. The maximum atomic E-state index is 12.1. The number of carbonyl (C=O) groups is 1. The molecule has 0 spiro atoms. The lowest BCUT2D eigenvalue weighted by molar-refractivity contribution is 0.0706. The Labute approximate surface area is 103 Å². The Bertz CT molecular complexity index is 335. The van der Waals surface area contributed by atoms with Crippen molar-refractivity contribution in [3.05, 3.63) is 20.8 Å². The molecule has 0 saturated heterocycles. The molecule has 0 aliphatic heterocycles. The highest BCUT2D eigenvalue weighted by molar-refractivity contribution is 9.11. The number of halogens is 1. The number of carbonyl (C=O) groups excluding carboxylic acids is 1. The average Bonchev–Trinajstić information content (AvgIpc) is 2.59. The lowest BCUT2D eigenvalue weighted by atomic mass is 10.2. The summed E-state index contributed by atoms with van der Waals surface area (Å²) in [7, 11) is 0. The largest absolute Gasteiger partial charge is 0.336 e. The van der Waals surface area contributed by atoms with Crippen LogP contribution in [0.2, 0.25) is 0 Å². The summed E-state index contributed by atoms with van der Waals surface area (Å²) < 4.78 is 1.01. The molecule has 0 atom stereocenters. The molecule has 1 aromatic heterocycles. The van der Waals surface area contributed by atoms with Crippen LogP contribution < -0.4 is 0 Å². The van der Waals surface area contributed by atoms with E-state index in [1.165, 1.54) is 0 Å². The van der Waals surface area contributed by atoms with E-state index in [2.05, 4.69) is 36.7 Å². The van der Waals surface area contributed by atoms with Crippen molar-refractivity contribution < 1.29 is 4.79 Å². The number of hydrogen-bond donors (Lipinski definition) is 0. The highest BCUT2D eigenvalue weighted by Crippen LogP contribution is 2.22. The number of thiophene rings is 1. The maximum Gasteiger partial charge on any atom is 0.254 e. The summed E-state index contributed by atoms with van der Waals surface area (Å²) in [6, 6.07) is 2.15. The zero-order valence-electron chi connectivity index (χ0n) is 9.29. The van der Waals surface area contributed by atoms with Crippen molar-refractivity contribution in [2.75, 3.05) is 6.54 Å². The molecule has 0 aliphatic carbocycles. The third-order valence-electron chi connectivity index (χ3n) is 2.16. The fourth-order valence-corrected chi connectivity index (χ4v) is 2.55. The van der Waals surface area contributed by atoms with Crippen LogP contribution in [0.1, 0.15) is 37.6 Å². The molecule has 0 radical (unpaired) electrons. The van der Waals surface area contributed by atoms with Crippen LogP contribution in [-0.2, 0) is 0 Å². The van der Waals surface area contributed by atoms with E-state index in [9.17, 15) is 4.79 Å². The molecule has 0 bridgehead atoms. The van der Waals surface area contributed by atoms with Crippen LogP contribution in [0.25, 0.3) is 0 Å². The van der Waals surface area contributed by atoms with Crippen LogP contribution in [0.15, 0.2) is 15.2 Å². The summed E-state index contributed by atoms with van der Waals surface area (Å²) in [5, 5.41) is 1.90. The van der Waals surface area contributed by atoms with E-state index >= 15 is 0 Å². The predicted molar refractivity (Wildman–Crippen MR) is 68.5 cm³/mol. The fourth-order valence-electron chi connectivity index (χ4n) is 1.42. The van der Waals surface area contributed by atoms with Crippen LogP contribution in [-0.4, -0.2) is 23.4 Å². The zero-order valence-corrected chi connectivity index (χ0v) is 11.7. The van der Waals surface area contributed by atoms with E-state index in [1.807, 2.05) is 16.3 Å². The number of nitrogens with zero attached hydrogens (tertiary/aromatic N) is 1. The molecular formula is C11H16BrNOS. The Balaban J connectivity index is 2.80. The topological polar surface area (TPSA) is 20.3 Å². The lowest BCUT2D eigenvalue weighted by Crippen LogP contribution is -2.37. The molecule has 1 rings (SSSR count). The minimum absolute atomic E-state index is 0.133. The van der Waals surface area contributed by atoms with Crippen molar-refractivity contribution in [2.24, 2.45) is 0 Å². The molecule has 84 valence electrons. The summed E-state index contributed by atoms with van der Waals surface area (Å²) in [6.45, 7) is 7.01. The highest BCUT2D eigenvalue weighted by Gasteiger charge is 2.18. The van der Waals surface area contributed by atoms with Gasteiger partial charge in [0.1, 0.15) is 0 Å². The molecular weight excluding hydrogens is 274 g/mol. The van der Waals surface area contributed by atoms with Crippen molar-refractivity contribution in [3.63, 3.8) is 0 Å². The molecule has 0 aromatic carbocycles. The van der Waals surface area contributed by atoms with Gasteiger partial charge in [-0.05, 0) is 42.3 Å². The Morgan fingerprint density at radius 3 is 2.67 bits per heavy atom. The first-order chi connectivity index (χ1) is 7.06. The van der Waals surface area contributed by atoms with E-state index < -0.39 is 0 Å². The van der Waals surface area contributed by atoms with E-state index in [0.29, 0.717) is 0 Å². The fraction of sp³-hybridized carbons (Fsp3) is 0.545. The summed E-state index contributed by atoms with van der Waals surface area (Å²) >= 11 is 4.92. The summed E-state index contributed by atoms with van der Waals surface area (Å²) in [6.07, 6.45) is 0.995. The van der Waals surface area contributed by atoms with Gasteiger partial charge in [0.05, 0.1) is 9.35 Å². The first-order valence-electron chi connectivity index (χ1n) is 5.11. The first-order valence-corrected chi connectivity index (χ1v) is 6.78. The molecule has 2 nitrogen and oxygen atoms in total. The molecule has 0 saturated carbocycles. The van der Waals surface area contributed by atoms with Gasteiger partial charge in [0.15, 0.2) is 0 Å². The van der Waals surface area contributed by atoms with E-state index in [1.54, 1.807) is 11.3 Å². The van der Waals surface area contributed by atoms with Gasteiger partial charge in [-0.1, -0.05) is 6.92 Å². The van der Waals surface area contributed by atoms with Crippen molar-refractivity contribution in [1.82, 2.24) is 4.90 Å². The third-order valence-corrected chi connectivity index (χ3v) is 3.67. The molecule has 0 unspecified atom stereocenters. The van der Waals surface area contributed by atoms with Crippen molar-refractivity contribution in [2.45, 2.75) is 33.2 Å². The monoisotopic (exact) mass is 289 g/mol. The highest BCUT2D eigenvalue weighted by atomic mass is 79.9. The van der Waals surface area contributed by atoms with Gasteiger partial charge in [0.25, 0.3) is 5.91 Å². The average molecular weight is 290 g/mol. The molecule has 0 N–H and O–H groups in total. The third kappa shape index (κ3) is 3.31. The standard InChI is InChI=1S/C11H16BrNOS/c1-4-5-13(8(2)3)11(14)9-6-10(12)15-7-9/h6-8H,4-5H2,1-3H3. The maximum absolute atomic E-state index is 12.1. The van der Waals surface area contributed by atoms with E-state index in [0.717, 1.165) is 22.3 Å². The molecule has 1 heterocycles. The Kier molecular flexibility index (Phi) is 4.80. The molecule has 0 aliphatic rings. The Morgan fingerprint density at radius 1 is 1.60 bits per heavy atom. The predicted octanol–water partition coefficient (Wildman–Crippen LogP) is 3.77. The van der Waals surface area contributed by atoms with Crippen LogP contribution in [0.5, 0.6) is 0 Å². The van der Waals surface area contributed by atoms with Gasteiger partial charge in [-0.2, -0.15) is 0 Å². The molecule has 15 heavy (non-hydrogen) atoms. The summed E-state index contributed by atoms with van der Waals surface area (Å²) in [5.74, 6) is 0.133. The van der Waals surface area contributed by atoms with Gasteiger partial charge >= 0.3 is 0 Å². The van der Waals surface area contributed by atoms with Crippen LogP contribution in [0.4, 0.5) is 0 Å². The molecule has 1 aromatic rings. The zero-order chi connectivity index (χ0) is 11.4. The van der Waals surface area contributed by atoms with E-state index in [4.69, 9.17) is 0 Å². The smallest absolute Gasteiger partial charge is 0.254 e. The van der Waals surface area contributed by atoms with E-state index in [-0.39, 0.29) is 11.9 Å². The van der Waals surface area contributed by atoms with Crippen LogP contribution in [0.3, 0.4) is 0 Å². The molecule has 0 fully saturated rings. The minimum atomic E-state index is 0.133. The van der Waals surface area contributed by atoms with Gasteiger partial charge in [0, 0.05) is 18.0 Å². The van der Waals surface area contributed by atoms with Crippen LogP contribution >= 0.6 is 27.3 Å². The summed E-state index contributed by atoms with van der Waals surface area (Å²) in [4.78, 5) is 14.0. The minimum Gasteiger partial charge on any atom is -0.336 e. The number of amides is 1. The first kappa shape index (κ1) is 12.7. The van der Waals surface area contributed by atoms with Gasteiger partial charge in [-0.25, -0.2) is 0 Å². The number of rotatable bonds is 4. The Morgan fingerprint density at radius 2 is 2.27 bits per heavy atom. The van der Waals surface area contributed by atoms with Gasteiger partial charge in [-0.3, -0.25) is 4.79 Å². The van der Waals surface area contributed by atoms with Crippen molar-refractivity contribution >= 4 is 33.2 Å². The van der Waals surface area contributed by atoms with Gasteiger partial charge in [0.2, 0.25) is 0 Å². The lowest BCUT2D eigenvalue weighted by Gasteiger charge is -2.25. The quantitative estimate of drug-likeness (QED) is 0.826. The van der Waals surface area contributed by atoms with Crippen molar-refractivity contribution in [1.29, 1.82) is 0 Å². The second-order valence-electron chi connectivity index (χ2n) is 3.73. The summed E-state index contributed by atoms with van der Waals surface area (Å²) in [5.41, 5.74) is 0.786. The molecule has 4 heteroatoms. The van der Waals surface area contributed by atoms with Gasteiger partial charge in [-0.15, -0.1) is 11.3 Å². The SMILES string of the molecule is CCCN(C(=O)c1csc(Br)c1)C(C)C.